The first-order valence-corrected chi connectivity index (χ1v) is 9.61. The topological polar surface area (TPSA) is 60.2 Å². The van der Waals surface area contributed by atoms with Crippen molar-refractivity contribution >= 4 is 52.2 Å². The normalized spacial score (nSPS) is 14.7. The van der Waals surface area contributed by atoms with Gasteiger partial charge in [0, 0.05) is 42.9 Å². The van der Waals surface area contributed by atoms with Gasteiger partial charge in [-0.1, -0.05) is 35.5 Å². The quantitative estimate of drug-likeness (QED) is 0.294. The van der Waals surface area contributed by atoms with Crippen LogP contribution in [0.3, 0.4) is 0 Å². The SMILES string of the molecule is O=C1C(=Cc2ccc(-c3cc([N+](=O)[O-])ccc3Cl)s2)Sc2ccccc21. The maximum absolute atomic E-state index is 12.5. The van der Waals surface area contributed by atoms with Crippen molar-refractivity contribution in [2.45, 2.75) is 4.90 Å². The summed E-state index contributed by atoms with van der Waals surface area (Å²) in [6, 6.07) is 15.7. The molecule has 0 radical (unpaired) electrons. The van der Waals surface area contributed by atoms with Crippen LogP contribution in [0.5, 0.6) is 0 Å². The van der Waals surface area contributed by atoms with Crippen LogP contribution in [0.1, 0.15) is 15.2 Å². The molecule has 3 aromatic rings. The lowest BCUT2D eigenvalue weighted by Gasteiger charge is -2.01. The van der Waals surface area contributed by atoms with E-state index in [1.165, 1.54) is 41.3 Å². The average Bonchev–Trinajstić information content (AvgIpc) is 3.21. The van der Waals surface area contributed by atoms with Crippen LogP contribution in [0.25, 0.3) is 16.5 Å². The number of nitro benzene ring substituents is 1. The van der Waals surface area contributed by atoms with Crippen molar-refractivity contribution in [1.82, 2.24) is 0 Å². The number of nitrogens with zero attached hydrogens (tertiary/aromatic N) is 1. The molecule has 26 heavy (non-hydrogen) atoms. The van der Waals surface area contributed by atoms with E-state index in [0.29, 0.717) is 15.5 Å². The Bertz CT molecular complexity index is 1090. The number of allylic oxidation sites excluding steroid dienone is 1. The molecular formula is C19H10ClNO3S2. The van der Waals surface area contributed by atoms with Gasteiger partial charge in [0.05, 0.1) is 9.83 Å². The summed E-state index contributed by atoms with van der Waals surface area (Å²) in [5.74, 6) is 0.0222. The summed E-state index contributed by atoms with van der Waals surface area (Å²) in [7, 11) is 0. The summed E-state index contributed by atoms with van der Waals surface area (Å²) >= 11 is 9.11. The molecule has 0 N–H and O–H groups in total. The van der Waals surface area contributed by atoms with Crippen molar-refractivity contribution in [3.05, 3.63) is 85.1 Å². The highest BCUT2D eigenvalue weighted by atomic mass is 35.5. The summed E-state index contributed by atoms with van der Waals surface area (Å²) in [6.45, 7) is 0. The van der Waals surface area contributed by atoms with Gasteiger partial charge in [-0.05, 0) is 36.4 Å². The number of hydrogen-bond acceptors (Lipinski definition) is 5. The van der Waals surface area contributed by atoms with Crippen LogP contribution in [0.2, 0.25) is 5.02 Å². The van der Waals surface area contributed by atoms with Gasteiger partial charge in [0.1, 0.15) is 0 Å². The third-order valence-electron chi connectivity index (χ3n) is 3.90. The van der Waals surface area contributed by atoms with Crippen molar-refractivity contribution in [2.75, 3.05) is 0 Å². The molecule has 2 aromatic carbocycles. The zero-order chi connectivity index (χ0) is 18.3. The highest BCUT2D eigenvalue weighted by Gasteiger charge is 2.25. The van der Waals surface area contributed by atoms with Crippen molar-refractivity contribution in [3.8, 4) is 10.4 Å². The number of non-ortho nitro benzene ring substituents is 1. The van der Waals surface area contributed by atoms with Crippen molar-refractivity contribution in [3.63, 3.8) is 0 Å². The maximum atomic E-state index is 12.5. The van der Waals surface area contributed by atoms with Gasteiger partial charge in [0.15, 0.2) is 0 Å². The van der Waals surface area contributed by atoms with E-state index in [-0.39, 0.29) is 11.5 Å². The molecule has 0 fully saturated rings. The lowest BCUT2D eigenvalue weighted by Crippen LogP contribution is -1.92. The van der Waals surface area contributed by atoms with Crippen molar-refractivity contribution in [1.29, 1.82) is 0 Å². The third-order valence-corrected chi connectivity index (χ3v) is 6.40. The number of fused-ring (bicyclic) bond motifs is 1. The van der Waals surface area contributed by atoms with E-state index in [9.17, 15) is 14.9 Å². The standard InChI is InChI=1S/C19H10ClNO3S2/c20-15-7-5-11(21(23)24)9-14(15)17-8-6-12(25-17)10-18-19(22)13-3-1-2-4-16(13)26-18/h1-10H. The second kappa shape index (κ2) is 6.72. The van der Waals surface area contributed by atoms with E-state index in [1.807, 2.05) is 42.5 Å². The fourth-order valence-corrected chi connectivity index (χ4v) is 5.03. The number of halogens is 1. The number of rotatable bonds is 3. The van der Waals surface area contributed by atoms with Gasteiger partial charge in [-0.25, -0.2) is 0 Å². The number of nitro groups is 1. The molecule has 0 amide bonds. The number of ketones is 1. The molecule has 1 aromatic heterocycles. The molecule has 4 rings (SSSR count). The fourth-order valence-electron chi connectivity index (χ4n) is 2.66. The van der Waals surface area contributed by atoms with E-state index in [0.717, 1.165) is 20.2 Å². The predicted molar refractivity (Wildman–Crippen MR) is 106 cm³/mol. The van der Waals surface area contributed by atoms with E-state index >= 15 is 0 Å². The second-order valence-electron chi connectivity index (χ2n) is 5.56. The van der Waals surface area contributed by atoms with Gasteiger partial charge < -0.3 is 0 Å². The molecule has 128 valence electrons. The minimum absolute atomic E-state index is 0.00493. The Morgan fingerprint density at radius 2 is 1.85 bits per heavy atom. The number of benzene rings is 2. The molecule has 4 nitrogen and oxygen atoms in total. The van der Waals surface area contributed by atoms with Crippen LogP contribution in [-0.2, 0) is 0 Å². The largest absolute Gasteiger partial charge is 0.288 e. The van der Waals surface area contributed by atoms with Crippen LogP contribution in [0.4, 0.5) is 5.69 Å². The second-order valence-corrected chi connectivity index (χ2v) is 8.17. The molecule has 0 spiro atoms. The van der Waals surface area contributed by atoms with Gasteiger partial charge in [0.25, 0.3) is 5.69 Å². The van der Waals surface area contributed by atoms with Gasteiger partial charge in [-0.15, -0.1) is 11.3 Å². The highest BCUT2D eigenvalue weighted by Crippen LogP contribution is 2.42. The Hall–Kier alpha value is -2.41. The molecular weight excluding hydrogens is 390 g/mol. The van der Waals surface area contributed by atoms with Crippen LogP contribution < -0.4 is 0 Å². The monoisotopic (exact) mass is 399 g/mol. The molecule has 1 aliphatic rings. The minimum Gasteiger partial charge on any atom is -0.288 e. The molecule has 0 atom stereocenters. The van der Waals surface area contributed by atoms with E-state index in [2.05, 4.69) is 0 Å². The summed E-state index contributed by atoms with van der Waals surface area (Å²) in [5, 5.41) is 11.4. The van der Waals surface area contributed by atoms with Gasteiger partial charge in [-0.3, -0.25) is 14.9 Å². The smallest absolute Gasteiger partial charge is 0.270 e. The summed E-state index contributed by atoms with van der Waals surface area (Å²) in [5.41, 5.74) is 1.33. The fraction of sp³-hybridized carbons (Fsp3) is 0. The molecule has 1 aliphatic heterocycles. The lowest BCUT2D eigenvalue weighted by molar-refractivity contribution is -0.384. The summed E-state index contributed by atoms with van der Waals surface area (Å²) in [6.07, 6.45) is 1.85. The molecule has 0 bridgehead atoms. The molecule has 0 saturated heterocycles. The number of thioether (sulfide) groups is 1. The first kappa shape index (κ1) is 17.0. The molecule has 2 heterocycles. The Balaban J connectivity index is 1.67. The zero-order valence-corrected chi connectivity index (χ0v) is 15.5. The number of hydrogen-bond donors (Lipinski definition) is 0. The Morgan fingerprint density at radius 1 is 1.04 bits per heavy atom. The van der Waals surface area contributed by atoms with E-state index in [1.54, 1.807) is 0 Å². The minimum atomic E-state index is -0.443. The van der Waals surface area contributed by atoms with E-state index < -0.39 is 4.92 Å². The van der Waals surface area contributed by atoms with Gasteiger partial charge in [-0.2, -0.15) is 0 Å². The first-order chi connectivity index (χ1) is 12.5. The maximum Gasteiger partial charge on any atom is 0.270 e. The van der Waals surface area contributed by atoms with Crippen LogP contribution in [0.15, 0.2) is 64.4 Å². The van der Waals surface area contributed by atoms with E-state index in [4.69, 9.17) is 11.6 Å². The Labute approximate surface area is 162 Å². The van der Waals surface area contributed by atoms with Gasteiger partial charge in [0.2, 0.25) is 5.78 Å². The van der Waals surface area contributed by atoms with Crippen molar-refractivity contribution < 1.29 is 9.72 Å². The van der Waals surface area contributed by atoms with Crippen molar-refractivity contribution in [2.24, 2.45) is 0 Å². The summed E-state index contributed by atoms with van der Waals surface area (Å²) < 4.78 is 0. The number of Topliss-reactive ketones (excluding diaryl/α,β-unsaturated/α-hetero) is 1. The molecule has 0 aliphatic carbocycles. The number of carbonyl (C=O) groups excluding carboxylic acids is 1. The molecule has 7 heteroatoms. The van der Waals surface area contributed by atoms with Crippen LogP contribution in [-0.4, -0.2) is 10.7 Å². The van der Waals surface area contributed by atoms with Gasteiger partial charge >= 0.3 is 0 Å². The van der Waals surface area contributed by atoms with Crippen LogP contribution >= 0.6 is 34.7 Å². The first-order valence-electron chi connectivity index (χ1n) is 7.60. The Kier molecular flexibility index (Phi) is 4.40. The predicted octanol–water partition coefficient (Wildman–Crippen LogP) is 6.31. The Morgan fingerprint density at radius 3 is 2.62 bits per heavy atom. The zero-order valence-electron chi connectivity index (χ0n) is 13.1. The van der Waals surface area contributed by atoms with Crippen LogP contribution in [0, 0.1) is 10.1 Å². The number of thiophene rings is 1. The third kappa shape index (κ3) is 3.07. The lowest BCUT2D eigenvalue weighted by atomic mass is 10.1. The summed E-state index contributed by atoms with van der Waals surface area (Å²) in [4.78, 5) is 26.4. The average molecular weight is 400 g/mol. The highest BCUT2D eigenvalue weighted by molar-refractivity contribution is 8.04. The molecule has 0 unspecified atom stereocenters. The number of carbonyl (C=O) groups is 1. The molecule has 0 saturated carbocycles.